The Hall–Kier alpha value is -1.58. The average Bonchev–Trinajstić information content (AvgIpc) is 2.73. The van der Waals surface area contributed by atoms with Gasteiger partial charge in [-0.1, -0.05) is 29.8 Å². The molecule has 0 saturated carbocycles. The van der Waals surface area contributed by atoms with Crippen LogP contribution in [-0.4, -0.2) is 48.3 Å². The standard InChI is InChI=1S/C21H28ClN5O.HI/c1-2-23-21(25-15-19(28)16-6-8-17(22)9-7-16)26-18-10-13-27(14-11-18)20-5-3-4-12-24-20;/h3-9,12,18-19,28H,2,10-11,13-15H2,1H3,(H2,23,25,26);1H. The number of guanidine groups is 1. The summed E-state index contributed by atoms with van der Waals surface area (Å²) in [4.78, 5) is 11.3. The van der Waals surface area contributed by atoms with E-state index in [4.69, 9.17) is 11.6 Å². The number of benzene rings is 1. The van der Waals surface area contributed by atoms with Crippen LogP contribution in [0.3, 0.4) is 0 Å². The van der Waals surface area contributed by atoms with Gasteiger partial charge in [0.05, 0.1) is 12.6 Å². The van der Waals surface area contributed by atoms with E-state index in [2.05, 4.69) is 31.6 Å². The van der Waals surface area contributed by atoms with Gasteiger partial charge in [0.1, 0.15) is 5.82 Å². The predicted molar refractivity (Wildman–Crippen MR) is 130 cm³/mol. The summed E-state index contributed by atoms with van der Waals surface area (Å²) in [5.74, 6) is 1.78. The van der Waals surface area contributed by atoms with Crippen LogP contribution in [0.2, 0.25) is 5.02 Å². The van der Waals surface area contributed by atoms with Crippen molar-refractivity contribution in [2.75, 3.05) is 31.1 Å². The number of halogens is 2. The first-order valence-corrected chi connectivity index (χ1v) is 10.2. The quantitative estimate of drug-likeness (QED) is 0.303. The molecule has 2 heterocycles. The molecule has 1 aromatic carbocycles. The lowest BCUT2D eigenvalue weighted by Gasteiger charge is -2.33. The summed E-state index contributed by atoms with van der Waals surface area (Å²) in [6.07, 6.45) is 3.21. The molecule has 29 heavy (non-hydrogen) atoms. The lowest BCUT2D eigenvalue weighted by atomic mass is 10.1. The van der Waals surface area contributed by atoms with Crippen LogP contribution in [0.25, 0.3) is 0 Å². The van der Waals surface area contributed by atoms with Gasteiger partial charge in [-0.05, 0) is 49.6 Å². The highest BCUT2D eigenvalue weighted by Gasteiger charge is 2.21. The van der Waals surface area contributed by atoms with Crippen LogP contribution in [0, 0.1) is 0 Å². The zero-order chi connectivity index (χ0) is 19.8. The average molecular weight is 530 g/mol. The van der Waals surface area contributed by atoms with Gasteiger partial charge in [-0.25, -0.2) is 4.98 Å². The highest BCUT2D eigenvalue weighted by atomic mass is 127. The number of hydrogen-bond acceptors (Lipinski definition) is 4. The molecule has 0 amide bonds. The third-order valence-electron chi connectivity index (χ3n) is 4.83. The number of aliphatic hydroxyl groups excluding tert-OH is 1. The topological polar surface area (TPSA) is 72.8 Å². The smallest absolute Gasteiger partial charge is 0.191 e. The summed E-state index contributed by atoms with van der Waals surface area (Å²) in [6, 6.07) is 13.6. The molecule has 3 N–H and O–H groups in total. The molecule has 1 aliphatic heterocycles. The Morgan fingerprint density at radius 3 is 2.59 bits per heavy atom. The van der Waals surface area contributed by atoms with Crippen LogP contribution < -0.4 is 15.5 Å². The van der Waals surface area contributed by atoms with Gasteiger partial charge in [-0.15, -0.1) is 24.0 Å². The summed E-state index contributed by atoms with van der Waals surface area (Å²) in [5, 5.41) is 17.8. The summed E-state index contributed by atoms with van der Waals surface area (Å²) in [5.41, 5.74) is 0.813. The van der Waals surface area contributed by atoms with Crippen molar-refractivity contribution in [2.24, 2.45) is 4.99 Å². The molecule has 6 nitrogen and oxygen atoms in total. The summed E-state index contributed by atoms with van der Waals surface area (Å²) in [7, 11) is 0. The minimum absolute atomic E-state index is 0. The van der Waals surface area contributed by atoms with E-state index in [1.807, 2.05) is 37.4 Å². The van der Waals surface area contributed by atoms with Crippen LogP contribution in [0.5, 0.6) is 0 Å². The number of pyridine rings is 1. The number of nitrogens with one attached hydrogen (secondary N) is 2. The maximum Gasteiger partial charge on any atom is 0.191 e. The normalized spacial score (nSPS) is 16.1. The van der Waals surface area contributed by atoms with Gasteiger partial charge < -0.3 is 20.6 Å². The van der Waals surface area contributed by atoms with Crippen molar-refractivity contribution in [2.45, 2.75) is 31.9 Å². The van der Waals surface area contributed by atoms with Crippen molar-refractivity contribution in [3.8, 4) is 0 Å². The molecule has 8 heteroatoms. The molecular formula is C21H29ClIN5O. The Morgan fingerprint density at radius 1 is 1.24 bits per heavy atom. The maximum absolute atomic E-state index is 10.4. The van der Waals surface area contributed by atoms with Crippen LogP contribution in [0.4, 0.5) is 5.82 Å². The van der Waals surface area contributed by atoms with E-state index < -0.39 is 6.10 Å². The number of anilines is 1. The largest absolute Gasteiger partial charge is 0.386 e. The fraction of sp³-hybridized carbons (Fsp3) is 0.429. The molecule has 1 unspecified atom stereocenters. The van der Waals surface area contributed by atoms with Crippen molar-refractivity contribution in [1.82, 2.24) is 15.6 Å². The monoisotopic (exact) mass is 529 g/mol. The molecule has 0 radical (unpaired) electrons. The van der Waals surface area contributed by atoms with Crippen LogP contribution in [0.1, 0.15) is 31.4 Å². The molecule has 0 spiro atoms. The van der Waals surface area contributed by atoms with Crippen molar-refractivity contribution in [3.63, 3.8) is 0 Å². The molecule has 1 saturated heterocycles. The van der Waals surface area contributed by atoms with Crippen LogP contribution in [0.15, 0.2) is 53.7 Å². The molecule has 1 atom stereocenters. The van der Waals surface area contributed by atoms with Crippen LogP contribution in [-0.2, 0) is 0 Å². The minimum Gasteiger partial charge on any atom is -0.386 e. The highest BCUT2D eigenvalue weighted by Crippen LogP contribution is 2.18. The van der Waals surface area contributed by atoms with E-state index in [1.54, 1.807) is 12.1 Å². The van der Waals surface area contributed by atoms with E-state index in [9.17, 15) is 5.11 Å². The molecule has 0 aliphatic carbocycles. The van der Waals surface area contributed by atoms with Gasteiger partial charge in [-0.3, -0.25) is 4.99 Å². The number of aliphatic imine (C=N–C) groups is 1. The Morgan fingerprint density at radius 2 is 1.97 bits per heavy atom. The number of hydrogen-bond donors (Lipinski definition) is 3. The zero-order valence-electron chi connectivity index (χ0n) is 16.6. The number of aliphatic hydroxyl groups is 1. The molecule has 1 aliphatic rings. The molecule has 3 rings (SSSR count). The van der Waals surface area contributed by atoms with Gasteiger partial charge in [0.2, 0.25) is 0 Å². The van der Waals surface area contributed by atoms with Gasteiger partial charge in [-0.2, -0.15) is 0 Å². The SMILES string of the molecule is CCNC(=NCC(O)c1ccc(Cl)cc1)NC1CCN(c2ccccn2)CC1.I. The molecule has 1 aromatic heterocycles. The Bertz CT molecular complexity index is 751. The summed E-state index contributed by atoms with van der Waals surface area (Å²) >= 11 is 5.91. The van der Waals surface area contributed by atoms with Crippen molar-refractivity contribution >= 4 is 47.4 Å². The Labute approximate surface area is 194 Å². The first kappa shape index (κ1) is 23.7. The van der Waals surface area contributed by atoms with E-state index >= 15 is 0 Å². The van der Waals surface area contributed by atoms with E-state index in [0.717, 1.165) is 49.8 Å². The predicted octanol–water partition coefficient (Wildman–Crippen LogP) is 3.61. The number of rotatable bonds is 6. The molecule has 158 valence electrons. The lowest BCUT2D eigenvalue weighted by molar-refractivity contribution is 0.187. The van der Waals surface area contributed by atoms with Crippen molar-refractivity contribution in [3.05, 3.63) is 59.2 Å². The number of nitrogens with zero attached hydrogens (tertiary/aromatic N) is 3. The molecule has 1 fully saturated rings. The second-order valence-electron chi connectivity index (χ2n) is 6.88. The molecule has 2 aromatic rings. The van der Waals surface area contributed by atoms with Crippen molar-refractivity contribution < 1.29 is 5.11 Å². The zero-order valence-corrected chi connectivity index (χ0v) is 19.7. The second-order valence-corrected chi connectivity index (χ2v) is 7.32. The molecule has 0 bridgehead atoms. The van der Waals surface area contributed by atoms with E-state index in [0.29, 0.717) is 17.6 Å². The Kier molecular flexibility index (Phi) is 9.96. The van der Waals surface area contributed by atoms with E-state index in [-0.39, 0.29) is 24.0 Å². The third-order valence-corrected chi connectivity index (χ3v) is 5.08. The summed E-state index contributed by atoms with van der Waals surface area (Å²) < 4.78 is 0. The third kappa shape index (κ3) is 7.31. The van der Waals surface area contributed by atoms with Gasteiger partial charge in [0.15, 0.2) is 5.96 Å². The first-order valence-electron chi connectivity index (χ1n) is 9.80. The van der Waals surface area contributed by atoms with E-state index in [1.165, 1.54) is 0 Å². The first-order chi connectivity index (χ1) is 13.7. The minimum atomic E-state index is -0.654. The van der Waals surface area contributed by atoms with Gasteiger partial charge >= 0.3 is 0 Å². The van der Waals surface area contributed by atoms with Crippen LogP contribution >= 0.6 is 35.6 Å². The number of aromatic nitrogens is 1. The lowest BCUT2D eigenvalue weighted by Crippen LogP contribution is -2.49. The second kappa shape index (κ2) is 12.2. The fourth-order valence-electron chi connectivity index (χ4n) is 3.28. The fourth-order valence-corrected chi connectivity index (χ4v) is 3.40. The number of piperidine rings is 1. The summed E-state index contributed by atoms with van der Waals surface area (Å²) in [6.45, 7) is 5.03. The van der Waals surface area contributed by atoms with Crippen molar-refractivity contribution in [1.29, 1.82) is 0 Å². The van der Waals surface area contributed by atoms with Gasteiger partial charge in [0, 0.05) is 36.9 Å². The molecular weight excluding hydrogens is 501 g/mol. The van der Waals surface area contributed by atoms with Gasteiger partial charge in [0.25, 0.3) is 0 Å². The highest BCUT2D eigenvalue weighted by molar-refractivity contribution is 14.0. The maximum atomic E-state index is 10.4. The Balaban J connectivity index is 0.00000300.